The van der Waals surface area contributed by atoms with E-state index in [2.05, 4.69) is 148 Å². The van der Waals surface area contributed by atoms with Crippen LogP contribution in [0.2, 0.25) is 0 Å². The van der Waals surface area contributed by atoms with Crippen molar-refractivity contribution >= 4 is 85.4 Å². The van der Waals surface area contributed by atoms with Crippen LogP contribution in [0, 0.1) is 0 Å². The standard InChI is InChI=1S/C44H30S/c1-44(2,3)34-23-32-14-11-29-16-19-36(43-42(29)41(32)38(24-34)45-43)31-13-8-25-7-12-30(21-33(25)22-31)35-18-15-28-10-9-26-5-4-6-27-17-20-37(35)40(28)39(26)27/h4-24H,1-3H3. The van der Waals surface area contributed by atoms with Crippen LogP contribution in [0.3, 0.4) is 0 Å². The summed E-state index contributed by atoms with van der Waals surface area (Å²) in [5, 5.41) is 16.0. The van der Waals surface area contributed by atoms with Crippen LogP contribution in [-0.2, 0) is 5.41 Å². The Bertz CT molecular complexity index is 2770. The number of rotatable bonds is 2. The molecule has 9 aromatic carbocycles. The molecule has 0 nitrogen and oxygen atoms in total. The second-order valence-corrected chi connectivity index (χ2v) is 14.8. The molecule has 0 spiro atoms. The monoisotopic (exact) mass is 590 g/mol. The molecule has 0 unspecified atom stereocenters. The molecule has 0 amide bonds. The number of hydrogen-bond acceptors (Lipinski definition) is 1. The first-order valence-corrected chi connectivity index (χ1v) is 16.7. The molecule has 1 heteroatoms. The van der Waals surface area contributed by atoms with Gasteiger partial charge in [-0.1, -0.05) is 130 Å². The van der Waals surface area contributed by atoms with Crippen molar-refractivity contribution in [2.24, 2.45) is 0 Å². The molecule has 10 rings (SSSR count). The Labute approximate surface area is 265 Å². The predicted molar refractivity (Wildman–Crippen MR) is 199 cm³/mol. The van der Waals surface area contributed by atoms with E-state index >= 15 is 0 Å². The van der Waals surface area contributed by atoms with Crippen LogP contribution < -0.4 is 0 Å². The average Bonchev–Trinajstić information content (AvgIpc) is 3.45. The van der Waals surface area contributed by atoms with Crippen LogP contribution in [0.4, 0.5) is 0 Å². The molecule has 10 aromatic rings. The highest BCUT2D eigenvalue weighted by Crippen LogP contribution is 2.47. The molecule has 0 aliphatic heterocycles. The van der Waals surface area contributed by atoms with Crippen molar-refractivity contribution in [3.05, 3.63) is 133 Å². The number of thiophene rings is 1. The summed E-state index contributed by atoms with van der Waals surface area (Å²) in [7, 11) is 0. The van der Waals surface area contributed by atoms with Crippen molar-refractivity contribution in [1.82, 2.24) is 0 Å². The van der Waals surface area contributed by atoms with Crippen LogP contribution >= 0.6 is 11.3 Å². The van der Waals surface area contributed by atoms with Gasteiger partial charge in [-0.05, 0) is 105 Å². The SMILES string of the molecule is CC(C)(C)c1cc2ccc3ccc(-c4ccc5ccc(-c6ccc7ccc8cccc9ccc6c7c89)cc5c4)c4sc(c1)c2c34. The van der Waals surface area contributed by atoms with Crippen LogP contribution in [-0.4, -0.2) is 0 Å². The molecule has 0 aliphatic rings. The summed E-state index contributed by atoms with van der Waals surface area (Å²) in [5.41, 5.74) is 6.67. The lowest BCUT2D eigenvalue weighted by atomic mass is 9.85. The van der Waals surface area contributed by atoms with Crippen LogP contribution in [0.25, 0.3) is 96.3 Å². The highest BCUT2D eigenvalue weighted by molar-refractivity contribution is 7.26. The van der Waals surface area contributed by atoms with Gasteiger partial charge in [0.1, 0.15) is 0 Å². The molecule has 45 heavy (non-hydrogen) atoms. The summed E-state index contributed by atoms with van der Waals surface area (Å²) < 4.78 is 2.78. The molecule has 0 saturated carbocycles. The van der Waals surface area contributed by atoms with Gasteiger partial charge in [0.25, 0.3) is 0 Å². The Kier molecular flexibility index (Phi) is 4.96. The smallest absolute Gasteiger partial charge is 0.0440 e. The molecular formula is C44H30S. The van der Waals surface area contributed by atoms with Gasteiger partial charge in [0, 0.05) is 20.2 Å². The normalized spacial score (nSPS) is 12.8. The number of benzene rings is 9. The Morgan fingerprint density at radius 2 is 1.00 bits per heavy atom. The Balaban J connectivity index is 1.17. The molecule has 1 aromatic heterocycles. The summed E-state index contributed by atoms with van der Waals surface area (Å²) in [4.78, 5) is 0. The predicted octanol–water partition coefficient (Wildman–Crippen LogP) is 13.3. The van der Waals surface area contributed by atoms with Crippen molar-refractivity contribution < 1.29 is 0 Å². The van der Waals surface area contributed by atoms with Crippen LogP contribution in [0.5, 0.6) is 0 Å². The number of hydrogen-bond donors (Lipinski definition) is 0. The minimum Gasteiger partial charge on any atom is -0.134 e. The highest BCUT2D eigenvalue weighted by Gasteiger charge is 2.20. The molecule has 0 aliphatic carbocycles. The van der Waals surface area contributed by atoms with Gasteiger partial charge < -0.3 is 0 Å². The molecule has 0 N–H and O–H groups in total. The van der Waals surface area contributed by atoms with E-state index in [1.165, 1.54) is 102 Å². The van der Waals surface area contributed by atoms with E-state index in [0.29, 0.717) is 0 Å². The Morgan fingerprint density at radius 1 is 0.422 bits per heavy atom. The van der Waals surface area contributed by atoms with E-state index < -0.39 is 0 Å². The zero-order valence-corrected chi connectivity index (χ0v) is 26.3. The minimum absolute atomic E-state index is 0.114. The van der Waals surface area contributed by atoms with Crippen molar-refractivity contribution in [2.45, 2.75) is 26.2 Å². The highest BCUT2D eigenvalue weighted by atomic mass is 32.1. The molecular weight excluding hydrogens is 561 g/mol. The lowest BCUT2D eigenvalue weighted by molar-refractivity contribution is 0.592. The first kappa shape index (κ1) is 25.4. The number of fused-ring (bicyclic) bond motifs is 1. The fraction of sp³-hybridized carbons (Fsp3) is 0.0909. The van der Waals surface area contributed by atoms with Crippen LogP contribution in [0.1, 0.15) is 26.3 Å². The Morgan fingerprint density at radius 3 is 1.73 bits per heavy atom. The van der Waals surface area contributed by atoms with Gasteiger partial charge in [-0.3, -0.25) is 0 Å². The molecule has 0 atom stereocenters. The van der Waals surface area contributed by atoms with E-state index in [1.807, 2.05) is 11.3 Å². The Hall–Kier alpha value is -4.98. The second kappa shape index (κ2) is 8.81. The maximum Gasteiger partial charge on any atom is 0.0440 e. The summed E-state index contributed by atoms with van der Waals surface area (Å²) in [6, 6.07) is 48.4. The third-order valence-electron chi connectivity index (χ3n) is 10.1. The molecule has 0 bridgehead atoms. The largest absolute Gasteiger partial charge is 0.134 e. The van der Waals surface area contributed by atoms with Gasteiger partial charge in [-0.15, -0.1) is 11.3 Å². The van der Waals surface area contributed by atoms with Gasteiger partial charge in [-0.2, -0.15) is 0 Å². The van der Waals surface area contributed by atoms with Gasteiger partial charge in [0.15, 0.2) is 0 Å². The summed E-state index contributed by atoms with van der Waals surface area (Å²) in [5.74, 6) is 0. The second-order valence-electron chi connectivity index (χ2n) is 13.8. The van der Waals surface area contributed by atoms with E-state index in [4.69, 9.17) is 0 Å². The van der Waals surface area contributed by atoms with E-state index in [0.717, 1.165) is 0 Å². The zero-order valence-electron chi connectivity index (χ0n) is 25.5. The first-order valence-electron chi connectivity index (χ1n) is 15.8. The molecule has 212 valence electrons. The maximum absolute atomic E-state index is 2.43. The fourth-order valence-electron chi connectivity index (χ4n) is 7.74. The third-order valence-corrected chi connectivity index (χ3v) is 11.3. The average molecular weight is 591 g/mol. The van der Waals surface area contributed by atoms with Gasteiger partial charge in [0.05, 0.1) is 0 Å². The lowest BCUT2D eigenvalue weighted by Crippen LogP contribution is -2.10. The van der Waals surface area contributed by atoms with Gasteiger partial charge >= 0.3 is 0 Å². The van der Waals surface area contributed by atoms with Crippen molar-refractivity contribution in [2.75, 3.05) is 0 Å². The molecule has 0 fully saturated rings. The first-order chi connectivity index (χ1) is 21.9. The van der Waals surface area contributed by atoms with Gasteiger partial charge in [0.2, 0.25) is 0 Å². The quantitative estimate of drug-likeness (QED) is 0.176. The lowest BCUT2D eigenvalue weighted by Gasteiger charge is -2.19. The minimum atomic E-state index is 0.114. The van der Waals surface area contributed by atoms with Crippen molar-refractivity contribution in [3.63, 3.8) is 0 Å². The van der Waals surface area contributed by atoms with Crippen molar-refractivity contribution in [3.8, 4) is 22.3 Å². The molecule has 0 saturated heterocycles. The van der Waals surface area contributed by atoms with E-state index in [-0.39, 0.29) is 5.41 Å². The topological polar surface area (TPSA) is 0 Å². The van der Waals surface area contributed by atoms with Crippen LogP contribution in [0.15, 0.2) is 127 Å². The summed E-state index contributed by atoms with van der Waals surface area (Å²) in [6.07, 6.45) is 0. The fourth-order valence-corrected chi connectivity index (χ4v) is 9.08. The van der Waals surface area contributed by atoms with Gasteiger partial charge in [-0.25, -0.2) is 0 Å². The van der Waals surface area contributed by atoms with E-state index in [9.17, 15) is 0 Å². The zero-order chi connectivity index (χ0) is 30.0. The third kappa shape index (κ3) is 3.59. The summed E-state index contributed by atoms with van der Waals surface area (Å²) >= 11 is 1.95. The molecule has 1 heterocycles. The summed E-state index contributed by atoms with van der Waals surface area (Å²) in [6.45, 7) is 6.93. The molecule has 0 radical (unpaired) electrons. The van der Waals surface area contributed by atoms with E-state index in [1.54, 1.807) is 0 Å². The maximum atomic E-state index is 2.43. The van der Waals surface area contributed by atoms with Crippen molar-refractivity contribution in [1.29, 1.82) is 0 Å².